The van der Waals surface area contributed by atoms with Gasteiger partial charge in [0.25, 0.3) is 0 Å². The van der Waals surface area contributed by atoms with Crippen molar-refractivity contribution in [2.75, 3.05) is 46.3 Å². The molecule has 3 atom stereocenters. The number of benzene rings is 4. The third-order valence-corrected chi connectivity index (χ3v) is 11.1. The molecule has 3 aliphatic rings. The lowest BCUT2D eigenvalue weighted by Gasteiger charge is -2.43. The minimum Gasteiger partial charge on any atom is -0.506 e. The summed E-state index contributed by atoms with van der Waals surface area (Å²) in [6.07, 6.45) is 1.78. The van der Waals surface area contributed by atoms with Gasteiger partial charge in [-0.2, -0.15) is 0 Å². The molecule has 0 saturated carbocycles. The van der Waals surface area contributed by atoms with Crippen molar-refractivity contribution in [3.63, 3.8) is 0 Å². The average Bonchev–Trinajstić information content (AvgIpc) is 3.23. The molecule has 5 N–H and O–H groups in total. The first-order valence-electron chi connectivity index (χ1n) is 19.7. The minimum absolute atomic E-state index is 0.00891. The van der Waals surface area contributed by atoms with E-state index in [1.165, 1.54) is 12.1 Å². The number of H-pyrrole nitrogens is 1. The van der Waals surface area contributed by atoms with Crippen LogP contribution in [-0.4, -0.2) is 89.4 Å². The van der Waals surface area contributed by atoms with Crippen molar-refractivity contribution in [3.05, 3.63) is 141 Å². The van der Waals surface area contributed by atoms with Crippen molar-refractivity contribution in [1.82, 2.24) is 25.4 Å². The Bertz CT molecular complexity index is 2190. The Balaban J connectivity index is 0.858. The fraction of sp³-hybridized carbons (Fsp3) is 0.356. The number of carbonyl (C=O) groups excluding carboxylic acids is 2. The number of aromatic hydroxyl groups is 1. The highest BCUT2D eigenvalue weighted by Crippen LogP contribution is 2.31. The standard InChI is InChI=1S/C45H51N5O7/c1-49(22-6-21-46-27-39(52)36-15-17-38(51)44-37(36)16-18-41(53)47-44)42(54)25-30-11-13-31(14-12-30)29-56-35-10-5-9-34(26-35)43(33-7-3-2-4-8-33)48-45(55)57-40-28-50-23-19-32(40)20-24-50/h2-5,7-18,26,32,39-40,43,46,51-52H,6,19-25,27-29H2,1H3,(H,47,53)(H,48,55). The molecule has 1 aromatic heterocycles. The summed E-state index contributed by atoms with van der Waals surface area (Å²) < 4.78 is 12.2. The molecule has 5 aromatic rings. The highest BCUT2D eigenvalue weighted by atomic mass is 16.6. The van der Waals surface area contributed by atoms with E-state index in [2.05, 4.69) is 20.5 Å². The zero-order valence-corrected chi connectivity index (χ0v) is 32.2. The Morgan fingerprint density at radius 3 is 2.44 bits per heavy atom. The highest BCUT2D eigenvalue weighted by Gasteiger charge is 2.37. The number of likely N-dealkylation sites (N-methyl/N-ethyl adjacent to an activating group) is 1. The number of nitrogens with zero attached hydrogens (tertiary/aromatic N) is 2. The Labute approximate surface area is 332 Å². The number of alkyl carbamates (subject to hydrolysis) is 1. The summed E-state index contributed by atoms with van der Waals surface area (Å²) >= 11 is 0. The summed E-state index contributed by atoms with van der Waals surface area (Å²) in [6, 6.07) is 31.1. The normalized spacial score (nSPS) is 18.5. The number of hydrogen-bond acceptors (Lipinski definition) is 9. The van der Waals surface area contributed by atoms with Crippen LogP contribution >= 0.6 is 0 Å². The maximum Gasteiger partial charge on any atom is 0.408 e. The third-order valence-electron chi connectivity index (χ3n) is 11.1. The number of phenols is 1. The van der Waals surface area contributed by atoms with Crippen LogP contribution in [0.5, 0.6) is 11.5 Å². The van der Waals surface area contributed by atoms with Crippen LogP contribution in [0, 0.1) is 5.92 Å². The molecule has 2 bridgehead atoms. The number of nitrogens with one attached hydrogen (secondary N) is 3. The van der Waals surface area contributed by atoms with Gasteiger partial charge in [-0.05, 0) is 96.9 Å². The van der Waals surface area contributed by atoms with Crippen LogP contribution in [0.3, 0.4) is 0 Å². The van der Waals surface area contributed by atoms with E-state index in [0.717, 1.165) is 54.7 Å². The SMILES string of the molecule is CN(CCCNCC(O)c1ccc(O)c2[nH]c(=O)ccc12)C(=O)Cc1ccc(COc2cccc(C(NC(=O)OC3CN4CCC3CC4)c3ccccc3)c2)cc1. The number of pyridine rings is 1. The second-order valence-electron chi connectivity index (χ2n) is 15.1. The van der Waals surface area contributed by atoms with E-state index in [9.17, 15) is 24.6 Å². The molecule has 12 nitrogen and oxygen atoms in total. The lowest BCUT2D eigenvalue weighted by Crippen LogP contribution is -2.52. The molecule has 2 amide bonds. The molecule has 3 aliphatic heterocycles. The van der Waals surface area contributed by atoms with Crippen molar-refractivity contribution in [2.45, 2.75) is 50.5 Å². The molecule has 298 valence electrons. The predicted octanol–water partition coefficient (Wildman–Crippen LogP) is 5.44. The summed E-state index contributed by atoms with van der Waals surface area (Å²) in [5, 5.41) is 27.8. The van der Waals surface area contributed by atoms with Gasteiger partial charge in [-0.15, -0.1) is 0 Å². The van der Waals surface area contributed by atoms with Crippen LogP contribution in [0.25, 0.3) is 10.9 Å². The maximum atomic E-state index is 13.2. The number of fused-ring (bicyclic) bond motifs is 4. The van der Waals surface area contributed by atoms with E-state index in [1.807, 2.05) is 78.9 Å². The third kappa shape index (κ3) is 10.2. The second-order valence-corrected chi connectivity index (χ2v) is 15.1. The van der Waals surface area contributed by atoms with Crippen LogP contribution < -0.4 is 20.9 Å². The maximum absolute atomic E-state index is 13.2. The molecular formula is C45H51N5O7. The van der Waals surface area contributed by atoms with Gasteiger partial charge in [0.1, 0.15) is 24.2 Å². The van der Waals surface area contributed by atoms with E-state index in [0.29, 0.717) is 54.3 Å². The highest BCUT2D eigenvalue weighted by molar-refractivity contribution is 5.87. The van der Waals surface area contributed by atoms with E-state index in [4.69, 9.17) is 9.47 Å². The first kappa shape index (κ1) is 39.5. The summed E-state index contributed by atoms with van der Waals surface area (Å²) in [6.45, 7) is 4.73. The number of amides is 2. The zero-order valence-electron chi connectivity index (χ0n) is 32.2. The van der Waals surface area contributed by atoms with E-state index in [-0.39, 0.29) is 36.3 Å². The predicted molar refractivity (Wildman–Crippen MR) is 218 cm³/mol. The molecule has 3 unspecified atom stereocenters. The Morgan fingerprint density at radius 2 is 1.68 bits per heavy atom. The van der Waals surface area contributed by atoms with Gasteiger partial charge in [0.2, 0.25) is 11.5 Å². The number of aromatic amines is 1. The minimum atomic E-state index is -0.844. The van der Waals surface area contributed by atoms with Crippen molar-refractivity contribution in [3.8, 4) is 11.5 Å². The van der Waals surface area contributed by atoms with Gasteiger partial charge in [-0.3, -0.25) is 14.5 Å². The number of aromatic nitrogens is 1. The largest absolute Gasteiger partial charge is 0.506 e. The molecule has 3 saturated heterocycles. The Kier molecular flexibility index (Phi) is 12.8. The number of carbonyl (C=O) groups is 2. The molecule has 12 heteroatoms. The fourth-order valence-electron chi connectivity index (χ4n) is 7.82. The van der Waals surface area contributed by atoms with Crippen LogP contribution in [-0.2, 0) is 22.6 Å². The number of piperidine rings is 3. The molecule has 57 heavy (non-hydrogen) atoms. The van der Waals surface area contributed by atoms with Gasteiger partial charge in [0.15, 0.2) is 0 Å². The number of aliphatic hydroxyl groups excluding tert-OH is 1. The number of aliphatic hydroxyl groups is 1. The molecule has 0 radical (unpaired) electrons. The molecular weight excluding hydrogens is 723 g/mol. The molecule has 8 rings (SSSR count). The summed E-state index contributed by atoms with van der Waals surface area (Å²) in [7, 11) is 1.79. The van der Waals surface area contributed by atoms with Crippen molar-refractivity contribution in [1.29, 1.82) is 0 Å². The number of ether oxygens (including phenoxy) is 2. The van der Waals surface area contributed by atoms with Gasteiger partial charge in [0, 0.05) is 38.1 Å². The van der Waals surface area contributed by atoms with Gasteiger partial charge >= 0.3 is 6.09 Å². The van der Waals surface area contributed by atoms with E-state index >= 15 is 0 Å². The summed E-state index contributed by atoms with van der Waals surface area (Å²) in [5.74, 6) is 1.06. The Morgan fingerprint density at radius 1 is 0.930 bits per heavy atom. The van der Waals surface area contributed by atoms with Gasteiger partial charge in [-0.25, -0.2) is 4.79 Å². The summed E-state index contributed by atoms with van der Waals surface area (Å²) in [5.41, 5.74) is 4.28. The fourth-order valence-corrected chi connectivity index (χ4v) is 7.82. The number of rotatable bonds is 16. The Hall–Kier alpha value is -5.69. The molecule has 0 spiro atoms. The quantitative estimate of drug-likeness (QED) is 0.0825. The van der Waals surface area contributed by atoms with Crippen molar-refractivity contribution in [2.24, 2.45) is 5.92 Å². The van der Waals surface area contributed by atoms with E-state index in [1.54, 1.807) is 24.1 Å². The van der Waals surface area contributed by atoms with Gasteiger partial charge < -0.3 is 40.2 Å². The zero-order chi connectivity index (χ0) is 39.7. The first-order valence-corrected chi connectivity index (χ1v) is 19.7. The van der Waals surface area contributed by atoms with Crippen molar-refractivity contribution < 1.29 is 29.3 Å². The van der Waals surface area contributed by atoms with Gasteiger partial charge in [0.05, 0.1) is 24.1 Å². The molecule has 0 aliphatic carbocycles. The number of phenolic OH excluding ortho intramolecular Hbond substituents is 1. The summed E-state index contributed by atoms with van der Waals surface area (Å²) in [4.78, 5) is 44.6. The van der Waals surface area contributed by atoms with Crippen molar-refractivity contribution >= 4 is 22.9 Å². The van der Waals surface area contributed by atoms with Crippen LogP contribution in [0.2, 0.25) is 0 Å². The second kappa shape index (κ2) is 18.5. The topological polar surface area (TPSA) is 156 Å². The lowest BCUT2D eigenvalue weighted by molar-refractivity contribution is -0.129. The molecule has 3 fully saturated rings. The number of hydrogen-bond donors (Lipinski definition) is 5. The van der Waals surface area contributed by atoms with Crippen LogP contribution in [0.1, 0.15) is 59.2 Å². The first-order chi connectivity index (χ1) is 27.7. The van der Waals surface area contributed by atoms with Crippen LogP contribution in [0.4, 0.5) is 4.79 Å². The molecule has 4 aromatic carbocycles. The lowest BCUT2D eigenvalue weighted by atomic mass is 9.86. The van der Waals surface area contributed by atoms with E-state index < -0.39 is 18.2 Å². The monoisotopic (exact) mass is 773 g/mol. The smallest absolute Gasteiger partial charge is 0.408 e. The van der Waals surface area contributed by atoms with Crippen LogP contribution in [0.15, 0.2) is 108 Å². The average molecular weight is 774 g/mol. The molecule has 4 heterocycles. The van der Waals surface area contributed by atoms with Gasteiger partial charge in [-0.1, -0.05) is 72.8 Å².